The predicted molar refractivity (Wildman–Crippen MR) is 62.7 cm³/mol. The van der Waals surface area contributed by atoms with E-state index in [1.807, 2.05) is 19.2 Å². The summed E-state index contributed by atoms with van der Waals surface area (Å²) in [6, 6.07) is 6.22. The second kappa shape index (κ2) is 5.14. The Morgan fingerprint density at radius 3 is 2.53 bits per heavy atom. The zero-order chi connectivity index (χ0) is 11.4. The summed E-state index contributed by atoms with van der Waals surface area (Å²) < 4.78 is 5.32. The number of nitrogens with zero attached hydrogens (tertiary/aromatic N) is 1. The smallest absolute Gasteiger partial charge is 0.122 e. The Bertz CT molecular complexity index is 321. The van der Waals surface area contributed by atoms with Crippen LogP contribution in [0.5, 0.6) is 5.75 Å². The molecule has 0 atom stereocenters. The van der Waals surface area contributed by atoms with Gasteiger partial charge < -0.3 is 4.74 Å². The Hall–Kier alpha value is -1.06. The van der Waals surface area contributed by atoms with Crippen LogP contribution in [0.4, 0.5) is 0 Å². The highest BCUT2D eigenvalue weighted by Gasteiger charge is 2.08. The number of hydrogen-bond donors (Lipinski definition) is 1. The molecule has 0 saturated carbocycles. The molecule has 0 saturated heterocycles. The quantitative estimate of drug-likeness (QED) is 0.608. The fourth-order valence-corrected chi connectivity index (χ4v) is 1.62. The van der Waals surface area contributed by atoms with Gasteiger partial charge in [0.15, 0.2) is 0 Å². The SMILES string of the molecule is COc1ccc(CN(C)N)cc1C(C)C. The van der Waals surface area contributed by atoms with E-state index in [2.05, 4.69) is 19.9 Å². The van der Waals surface area contributed by atoms with E-state index in [1.165, 1.54) is 11.1 Å². The van der Waals surface area contributed by atoms with E-state index in [-0.39, 0.29) is 0 Å². The second-order valence-corrected chi connectivity index (χ2v) is 4.15. The van der Waals surface area contributed by atoms with Gasteiger partial charge in [-0.2, -0.15) is 0 Å². The van der Waals surface area contributed by atoms with Gasteiger partial charge in [-0.3, -0.25) is 5.84 Å². The number of methoxy groups -OCH3 is 1. The van der Waals surface area contributed by atoms with Crippen molar-refractivity contribution in [2.75, 3.05) is 14.2 Å². The molecule has 84 valence electrons. The normalized spacial score (nSPS) is 11.1. The molecule has 15 heavy (non-hydrogen) atoms. The fourth-order valence-electron chi connectivity index (χ4n) is 1.62. The zero-order valence-electron chi connectivity index (χ0n) is 9.95. The lowest BCUT2D eigenvalue weighted by Gasteiger charge is -2.15. The topological polar surface area (TPSA) is 38.5 Å². The summed E-state index contributed by atoms with van der Waals surface area (Å²) in [4.78, 5) is 0. The van der Waals surface area contributed by atoms with Gasteiger partial charge in [0, 0.05) is 13.6 Å². The van der Waals surface area contributed by atoms with Crippen molar-refractivity contribution in [1.82, 2.24) is 5.01 Å². The predicted octanol–water partition coefficient (Wildman–Crippen LogP) is 2.12. The maximum absolute atomic E-state index is 5.62. The van der Waals surface area contributed by atoms with Crippen LogP contribution in [-0.4, -0.2) is 19.2 Å². The number of nitrogens with two attached hydrogens (primary N) is 1. The highest BCUT2D eigenvalue weighted by Crippen LogP contribution is 2.27. The first kappa shape index (κ1) is 12.0. The number of hydrazine groups is 1. The first-order valence-electron chi connectivity index (χ1n) is 5.17. The number of ether oxygens (including phenoxy) is 1. The van der Waals surface area contributed by atoms with Crippen LogP contribution in [-0.2, 0) is 6.54 Å². The maximum atomic E-state index is 5.62. The molecule has 0 aliphatic heterocycles. The minimum Gasteiger partial charge on any atom is -0.496 e. The van der Waals surface area contributed by atoms with Gasteiger partial charge in [0.2, 0.25) is 0 Å². The van der Waals surface area contributed by atoms with Crippen LogP contribution in [0.1, 0.15) is 30.9 Å². The maximum Gasteiger partial charge on any atom is 0.122 e. The zero-order valence-corrected chi connectivity index (χ0v) is 9.95. The number of benzene rings is 1. The van der Waals surface area contributed by atoms with E-state index in [1.54, 1.807) is 12.1 Å². The molecule has 0 bridgehead atoms. The molecule has 0 heterocycles. The van der Waals surface area contributed by atoms with E-state index in [4.69, 9.17) is 10.6 Å². The summed E-state index contributed by atoms with van der Waals surface area (Å²) in [6.07, 6.45) is 0. The first-order chi connectivity index (χ1) is 7.04. The van der Waals surface area contributed by atoms with Crippen LogP contribution < -0.4 is 10.6 Å². The summed E-state index contributed by atoms with van der Waals surface area (Å²) in [5.74, 6) is 7.04. The highest BCUT2D eigenvalue weighted by molar-refractivity contribution is 5.39. The Morgan fingerprint density at radius 1 is 1.40 bits per heavy atom. The molecule has 1 aromatic carbocycles. The van der Waals surface area contributed by atoms with Gasteiger partial charge in [-0.15, -0.1) is 0 Å². The molecule has 0 aromatic heterocycles. The molecule has 3 nitrogen and oxygen atoms in total. The molecule has 0 aliphatic carbocycles. The van der Waals surface area contributed by atoms with Crippen LogP contribution in [0, 0.1) is 0 Å². The summed E-state index contributed by atoms with van der Waals surface area (Å²) in [7, 11) is 3.56. The first-order valence-corrected chi connectivity index (χ1v) is 5.17. The average Bonchev–Trinajstić information content (AvgIpc) is 2.16. The van der Waals surface area contributed by atoms with Gasteiger partial charge in [-0.05, 0) is 23.1 Å². The van der Waals surface area contributed by atoms with Crippen molar-refractivity contribution in [3.8, 4) is 5.75 Å². The third kappa shape index (κ3) is 3.22. The molecular formula is C12H20N2O. The van der Waals surface area contributed by atoms with Crippen molar-refractivity contribution in [3.63, 3.8) is 0 Å². The minimum absolute atomic E-state index is 0.461. The molecule has 1 rings (SSSR count). The van der Waals surface area contributed by atoms with Crippen molar-refractivity contribution >= 4 is 0 Å². The molecule has 0 spiro atoms. The van der Waals surface area contributed by atoms with Gasteiger partial charge in [-0.25, -0.2) is 5.01 Å². The standard InChI is InChI=1S/C12H20N2O/c1-9(2)11-7-10(8-14(3)13)5-6-12(11)15-4/h5-7,9H,8,13H2,1-4H3. The van der Waals surface area contributed by atoms with Crippen LogP contribution in [0.2, 0.25) is 0 Å². The van der Waals surface area contributed by atoms with Gasteiger partial charge in [0.05, 0.1) is 7.11 Å². The summed E-state index contributed by atoms with van der Waals surface area (Å²) in [5.41, 5.74) is 2.45. The minimum atomic E-state index is 0.461. The van der Waals surface area contributed by atoms with Crippen molar-refractivity contribution in [2.45, 2.75) is 26.3 Å². The Morgan fingerprint density at radius 2 is 2.07 bits per heavy atom. The van der Waals surface area contributed by atoms with Crippen molar-refractivity contribution in [2.24, 2.45) is 5.84 Å². The van der Waals surface area contributed by atoms with Crippen molar-refractivity contribution in [1.29, 1.82) is 0 Å². The van der Waals surface area contributed by atoms with Crippen LogP contribution >= 0.6 is 0 Å². The molecule has 3 heteroatoms. The van der Waals surface area contributed by atoms with Gasteiger partial charge >= 0.3 is 0 Å². The summed E-state index contributed by atoms with van der Waals surface area (Å²) in [5, 5.41) is 1.67. The van der Waals surface area contributed by atoms with E-state index >= 15 is 0 Å². The Labute approximate surface area is 91.8 Å². The number of hydrogen-bond acceptors (Lipinski definition) is 3. The molecule has 0 fully saturated rings. The molecular weight excluding hydrogens is 188 g/mol. The van der Waals surface area contributed by atoms with Gasteiger partial charge in [-0.1, -0.05) is 26.0 Å². The summed E-state index contributed by atoms with van der Waals surface area (Å²) >= 11 is 0. The number of rotatable bonds is 4. The molecule has 0 unspecified atom stereocenters. The monoisotopic (exact) mass is 208 g/mol. The molecule has 0 radical (unpaired) electrons. The largest absolute Gasteiger partial charge is 0.496 e. The third-order valence-corrected chi connectivity index (χ3v) is 2.35. The Kier molecular flexibility index (Phi) is 4.12. The van der Waals surface area contributed by atoms with Gasteiger partial charge in [0.25, 0.3) is 0 Å². The highest BCUT2D eigenvalue weighted by atomic mass is 16.5. The fraction of sp³-hybridized carbons (Fsp3) is 0.500. The second-order valence-electron chi connectivity index (χ2n) is 4.15. The lowest BCUT2D eigenvalue weighted by molar-refractivity contribution is 0.341. The van der Waals surface area contributed by atoms with Crippen LogP contribution in [0.25, 0.3) is 0 Å². The van der Waals surface area contributed by atoms with Crippen LogP contribution in [0.15, 0.2) is 18.2 Å². The lowest BCUT2D eigenvalue weighted by atomic mass is 9.99. The summed E-state index contributed by atoms with van der Waals surface area (Å²) in [6.45, 7) is 5.07. The van der Waals surface area contributed by atoms with E-state index in [9.17, 15) is 0 Å². The average molecular weight is 208 g/mol. The van der Waals surface area contributed by atoms with Crippen molar-refractivity contribution in [3.05, 3.63) is 29.3 Å². The van der Waals surface area contributed by atoms with E-state index in [0.29, 0.717) is 5.92 Å². The molecule has 0 amide bonds. The molecule has 1 aromatic rings. The van der Waals surface area contributed by atoms with Crippen LogP contribution in [0.3, 0.4) is 0 Å². The Balaban J connectivity index is 2.99. The third-order valence-electron chi connectivity index (χ3n) is 2.35. The molecule has 0 aliphatic rings. The molecule has 2 N–H and O–H groups in total. The lowest BCUT2D eigenvalue weighted by Crippen LogP contribution is -2.25. The van der Waals surface area contributed by atoms with E-state index in [0.717, 1.165) is 12.3 Å². The van der Waals surface area contributed by atoms with Gasteiger partial charge in [0.1, 0.15) is 5.75 Å². The van der Waals surface area contributed by atoms with Crippen molar-refractivity contribution < 1.29 is 4.74 Å². The van der Waals surface area contributed by atoms with E-state index < -0.39 is 0 Å².